The number of carbonyl (C=O) groups is 2. The maximum Gasteiger partial charge on any atom is 0.327 e. The van der Waals surface area contributed by atoms with E-state index < -0.39 is 14.8 Å². The molecule has 0 unspecified atom stereocenters. The molecule has 0 aromatic heterocycles. The van der Waals surface area contributed by atoms with Crippen LogP contribution in [0.1, 0.15) is 116 Å². The highest BCUT2D eigenvalue weighted by Gasteiger charge is 2.17. The van der Waals surface area contributed by atoms with Gasteiger partial charge in [-0.1, -0.05) is 84.0 Å². The van der Waals surface area contributed by atoms with E-state index in [0.29, 0.717) is 12.8 Å². The summed E-state index contributed by atoms with van der Waals surface area (Å²) < 4.78 is 26.0. The van der Waals surface area contributed by atoms with Gasteiger partial charge in [0, 0.05) is 12.8 Å². The van der Waals surface area contributed by atoms with E-state index in [1.807, 2.05) is 0 Å². The van der Waals surface area contributed by atoms with Crippen molar-refractivity contribution in [2.45, 2.75) is 122 Å². The molecule has 188 valence electrons. The summed E-state index contributed by atoms with van der Waals surface area (Å²) in [7, 11) is -0.489. The van der Waals surface area contributed by atoms with E-state index in [4.69, 9.17) is 14.0 Å². The van der Waals surface area contributed by atoms with Crippen LogP contribution in [0.5, 0.6) is 0 Å². The van der Waals surface area contributed by atoms with Gasteiger partial charge >= 0.3 is 20.6 Å². The third-order valence-corrected chi connectivity index (χ3v) is 5.89. The van der Waals surface area contributed by atoms with Crippen LogP contribution in [0.3, 0.4) is 0 Å². The first kappa shape index (κ1) is 31.4. The van der Waals surface area contributed by atoms with Gasteiger partial charge in [-0.15, -0.1) is 0 Å². The molecule has 32 heavy (non-hydrogen) atoms. The van der Waals surface area contributed by atoms with Gasteiger partial charge in [0.25, 0.3) is 0 Å². The lowest BCUT2D eigenvalue weighted by Crippen LogP contribution is -2.28. The Hall–Kier alpha value is -0.650. The van der Waals surface area contributed by atoms with Crippen molar-refractivity contribution >= 4 is 33.3 Å². The minimum absolute atomic E-state index is 0.0625. The van der Waals surface area contributed by atoms with Gasteiger partial charge in [-0.25, -0.2) is 4.57 Å². The summed E-state index contributed by atoms with van der Waals surface area (Å²) in [5.41, 5.74) is 0. The molecule has 0 aromatic carbocycles. The first-order valence-electron chi connectivity index (χ1n) is 12.5. The lowest BCUT2D eigenvalue weighted by atomic mass is 10.1. The minimum atomic E-state index is -0.729. The number of rotatable bonds is 24. The van der Waals surface area contributed by atoms with Gasteiger partial charge in [0.15, 0.2) is 6.10 Å². The van der Waals surface area contributed by atoms with Gasteiger partial charge in [0.1, 0.15) is 13.2 Å². The Morgan fingerprint density at radius 3 is 1.75 bits per heavy atom. The Labute approximate surface area is 202 Å². The fourth-order valence-corrected chi connectivity index (χ4v) is 3.85. The highest BCUT2D eigenvalue weighted by Crippen LogP contribution is 2.12. The van der Waals surface area contributed by atoms with Gasteiger partial charge in [-0.05, 0) is 25.0 Å². The van der Waals surface area contributed by atoms with Gasteiger partial charge in [-0.2, -0.15) is 12.6 Å². The van der Waals surface area contributed by atoms with Crippen molar-refractivity contribution < 1.29 is 28.2 Å². The second-order valence-electron chi connectivity index (χ2n) is 8.34. The molecule has 0 saturated carbocycles. The van der Waals surface area contributed by atoms with Crippen LogP contribution in [-0.4, -0.2) is 37.0 Å². The average molecular weight is 493 g/mol. The second-order valence-corrected chi connectivity index (χ2v) is 9.19. The van der Waals surface area contributed by atoms with Crippen LogP contribution in [0, 0.1) is 0 Å². The van der Waals surface area contributed by atoms with Crippen molar-refractivity contribution in [3.05, 3.63) is 0 Å². The number of hydrogen-bond donors (Lipinski definition) is 1. The molecule has 6 nitrogen and oxygen atoms in total. The Morgan fingerprint density at radius 2 is 1.22 bits per heavy atom. The Balaban J connectivity index is 3.89. The first-order valence-corrected chi connectivity index (χ1v) is 13.9. The van der Waals surface area contributed by atoms with Crippen molar-refractivity contribution in [3.63, 3.8) is 0 Å². The topological polar surface area (TPSA) is 78.9 Å². The van der Waals surface area contributed by atoms with E-state index in [2.05, 4.69) is 19.6 Å². The predicted molar refractivity (Wildman–Crippen MR) is 132 cm³/mol. The standard InChI is InChI=1S/C24H45O6PS/c1-2-3-4-5-6-7-8-12-15-18-24(26)30-22(21-29-31-27)20-28-23(25)17-14-11-9-10-13-16-19-32/h22,32H,2-21H2,1H3/t22-/m1/s1. The molecule has 0 radical (unpaired) electrons. The summed E-state index contributed by atoms with van der Waals surface area (Å²) in [5.74, 6) is 0.286. The van der Waals surface area contributed by atoms with Crippen molar-refractivity contribution in [1.29, 1.82) is 0 Å². The van der Waals surface area contributed by atoms with E-state index in [1.54, 1.807) is 0 Å². The Bertz CT molecular complexity index is 464. The molecule has 0 N–H and O–H groups in total. The second kappa shape index (κ2) is 25.0. The maximum atomic E-state index is 12.1. The van der Waals surface area contributed by atoms with Crippen LogP contribution >= 0.6 is 21.3 Å². The Morgan fingerprint density at radius 1 is 0.719 bits per heavy atom. The van der Waals surface area contributed by atoms with Gasteiger partial charge in [0.2, 0.25) is 0 Å². The van der Waals surface area contributed by atoms with Crippen LogP contribution in [0.4, 0.5) is 0 Å². The molecule has 1 atom stereocenters. The van der Waals surface area contributed by atoms with Crippen LogP contribution in [0.15, 0.2) is 0 Å². The molecule has 0 aliphatic rings. The van der Waals surface area contributed by atoms with Crippen LogP contribution < -0.4 is 0 Å². The zero-order chi connectivity index (χ0) is 23.7. The number of hydrogen-bond acceptors (Lipinski definition) is 7. The first-order chi connectivity index (χ1) is 15.6. The highest BCUT2D eigenvalue weighted by molar-refractivity contribution is 7.80. The summed E-state index contributed by atoms with van der Waals surface area (Å²) >= 11 is 4.19. The number of thiol groups is 1. The summed E-state index contributed by atoms with van der Waals surface area (Å²) in [4.78, 5) is 24.0. The van der Waals surface area contributed by atoms with Crippen molar-refractivity contribution in [3.8, 4) is 0 Å². The molecule has 0 rings (SSSR count). The summed E-state index contributed by atoms with van der Waals surface area (Å²) in [5, 5.41) is 0. The fraction of sp³-hybridized carbons (Fsp3) is 0.917. The van der Waals surface area contributed by atoms with E-state index in [0.717, 1.165) is 50.7 Å². The molecular weight excluding hydrogens is 447 g/mol. The SMILES string of the molecule is CCCCCCCCCCCC(=O)O[C@@H](COP=O)COC(=O)CCCCCCCCS. The molecule has 8 heteroatoms. The minimum Gasteiger partial charge on any atom is -0.462 e. The predicted octanol–water partition coefficient (Wildman–Crippen LogP) is 7.25. The molecular formula is C24H45O6PS. The molecule has 0 saturated heterocycles. The van der Waals surface area contributed by atoms with Crippen LogP contribution in [0.2, 0.25) is 0 Å². The van der Waals surface area contributed by atoms with Gasteiger partial charge < -0.3 is 9.47 Å². The van der Waals surface area contributed by atoms with E-state index in [9.17, 15) is 14.2 Å². The van der Waals surface area contributed by atoms with Crippen molar-refractivity contribution in [1.82, 2.24) is 0 Å². The zero-order valence-electron chi connectivity index (χ0n) is 20.1. The molecule has 0 spiro atoms. The summed E-state index contributed by atoms with van der Waals surface area (Å²) in [6.45, 7) is 2.09. The van der Waals surface area contributed by atoms with Crippen LogP contribution in [-0.2, 0) is 28.2 Å². The highest BCUT2D eigenvalue weighted by atomic mass is 32.1. The van der Waals surface area contributed by atoms with Gasteiger partial charge in [-0.3, -0.25) is 14.1 Å². The number of ether oxygens (including phenoxy) is 2. The van der Waals surface area contributed by atoms with E-state index >= 15 is 0 Å². The number of esters is 2. The maximum absolute atomic E-state index is 12.1. The molecule has 0 aliphatic carbocycles. The van der Waals surface area contributed by atoms with Crippen molar-refractivity contribution in [2.24, 2.45) is 0 Å². The smallest absolute Gasteiger partial charge is 0.327 e. The van der Waals surface area contributed by atoms with E-state index in [1.165, 1.54) is 51.4 Å². The van der Waals surface area contributed by atoms with E-state index in [-0.39, 0.29) is 25.2 Å². The average Bonchev–Trinajstić information content (AvgIpc) is 2.79. The van der Waals surface area contributed by atoms with Crippen molar-refractivity contribution in [2.75, 3.05) is 19.0 Å². The monoisotopic (exact) mass is 492 g/mol. The third kappa shape index (κ3) is 22.5. The van der Waals surface area contributed by atoms with Crippen LogP contribution in [0.25, 0.3) is 0 Å². The molecule has 0 aliphatic heterocycles. The summed E-state index contributed by atoms with van der Waals surface area (Å²) in [6.07, 6.45) is 16.9. The molecule has 0 heterocycles. The summed E-state index contributed by atoms with van der Waals surface area (Å²) in [6, 6.07) is 0. The molecule has 0 bridgehead atoms. The number of carbonyl (C=O) groups excluding carboxylic acids is 2. The normalized spacial score (nSPS) is 12.1. The lowest BCUT2D eigenvalue weighted by molar-refractivity contribution is -0.160. The zero-order valence-corrected chi connectivity index (χ0v) is 21.9. The lowest BCUT2D eigenvalue weighted by Gasteiger charge is -2.16. The molecule has 0 aromatic rings. The fourth-order valence-electron chi connectivity index (χ4n) is 3.40. The molecule has 0 fully saturated rings. The number of unbranched alkanes of at least 4 members (excludes halogenated alkanes) is 13. The Kier molecular flexibility index (Phi) is 24.5. The third-order valence-electron chi connectivity index (χ3n) is 5.31. The quantitative estimate of drug-likeness (QED) is 0.0662. The molecule has 0 amide bonds. The van der Waals surface area contributed by atoms with Gasteiger partial charge in [0.05, 0.1) is 0 Å². The largest absolute Gasteiger partial charge is 0.462 e.